The van der Waals surface area contributed by atoms with Crippen LogP contribution in [0.3, 0.4) is 0 Å². The maximum absolute atomic E-state index is 12.8. The summed E-state index contributed by atoms with van der Waals surface area (Å²) in [6.07, 6.45) is 0.978. The van der Waals surface area contributed by atoms with Gasteiger partial charge in [0.15, 0.2) is 5.69 Å². The molecule has 6 heteroatoms. The van der Waals surface area contributed by atoms with Crippen molar-refractivity contribution in [3.05, 3.63) is 77.6 Å². The SMILES string of the molecule is COc1cccc(OCc2cc(C(=O)N3CC[C@H]3c3ccccc3)n[nH]2)c1. The van der Waals surface area contributed by atoms with Crippen molar-refractivity contribution in [1.82, 2.24) is 15.1 Å². The number of H-pyrrole nitrogens is 1. The standard InChI is InChI=1S/C21H21N3O3/c1-26-17-8-5-9-18(13-17)27-14-16-12-19(23-22-16)21(25)24-11-10-20(24)15-6-3-2-4-7-15/h2-9,12-13,20H,10-11,14H2,1H3,(H,22,23)/t20-/m0/s1. The maximum Gasteiger partial charge on any atom is 0.274 e. The van der Waals surface area contributed by atoms with Crippen LogP contribution in [0.1, 0.15) is 34.2 Å². The van der Waals surface area contributed by atoms with Crippen molar-refractivity contribution in [2.75, 3.05) is 13.7 Å². The molecule has 0 radical (unpaired) electrons. The molecular weight excluding hydrogens is 342 g/mol. The molecule has 1 atom stereocenters. The molecule has 1 saturated heterocycles. The molecule has 0 aliphatic carbocycles. The van der Waals surface area contributed by atoms with Crippen LogP contribution < -0.4 is 9.47 Å². The second kappa shape index (κ2) is 7.53. The van der Waals surface area contributed by atoms with Gasteiger partial charge in [0.25, 0.3) is 5.91 Å². The van der Waals surface area contributed by atoms with Crippen molar-refractivity contribution in [2.24, 2.45) is 0 Å². The number of rotatable bonds is 6. The lowest BCUT2D eigenvalue weighted by Crippen LogP contribution is -2.45. The zero-order valence-electron chi connectivity index (χ0n) is 15.1. The third kappa shape index (κ3) is 3.65. The number of nitrogens with one attached hydrogen (secondary N) is 1. The van der Waals surface area contributed by atoms with E-state index < -0.39 is 0 Å². The highest BCUT2D eigenvalue weighted by Gasteiger charge is 2.34. The number of ether oxygens (including phenoxy) is 2. The van der Waals surface area contributed by atoms with Gasteiger partial charge in [0.1, 0.15) is 18.1 Å². The minimum Gasteiger partial charge on any atom is -0.497 e. The van der Waals surface area contributed by atoms with Gasteiger partial charge in [-0.25, -0.2) is 0 Å². The summed E-state index contributed by atoms with van der Waals surface area (Å²) in [4.78, 5) is 14.6. The minimum atomic E-state index is -0.0565. The van der Waals surface area contributed by atoms with Crippen LogP contribution in [0.5, 0.6) is 11.5 Å². The molecule has 0 unspecified atom stereocenters. The summed E-state index contributed by atoms with van der Waals surface area (Å²) < 4.78 is 10.9. The smallest absolute Gasteiger partial charge is 0.274 e. The van der Waals surface area contributed by atoms with Crippen LogP contribution in [0.2, 0.25) is 0 Å². The number of likely N-dealkylation sites (tertiary alicyclic amines) is 1. The fourth-order valence-electron chi connectivity index (χ4n) is 3.20. The van der Waals surface area contributed by atoms with Gasteiger partial charge in [0, 0.05) is 12.6 Å². The molecule has 6 nitrogen and oxygen atoms in total. The number of methoxy groups -OCH3 is 1. The molecule has 0 bridgehead atoms. The Morgan fingerprint density at radius 2 is 1.96 bits per heavy atom. The highest BCUT2D eigenvalue weighted by Crippen LogP contribution is 2.34. The molecule has 1 fully saturated rings. The van der Waals surface area contributed by atoms with Crippen LogP contribution in [0.25, 0.3) is 0 Å². The molecular formula is C21H21N3O3. The first-order valence-corrected chi connectivity index (χ1v) is 8.91. The predicted molar refractivity (Wildman–Crippen MR) is 101 cm³/mol. The highest BCUT2D eigenvalue weighted by molar-refractivity contribution is 5.93. The summed E-state index contributed by atoms with van der Waals surface area (Å²) in [5.74, 6) is 1.38. The molecule has 138 valence electrons. The third-order valence-electron chi connectivity index (χ3n) is 4.75. The van der Waals surface area contributed by atoms with Gasteiger partial charge in [0.05, 0.1) is 18.8 Å². The molecule has 1 N–H and O–H groups in total. The monoisotopic (exact) mass is 363 g/mol. The fraction of sp³-hybridized carbons (Fsp3) is 0.238. The molecule has 27 heavy (non-hydrogen) atoms. The summed E-state index contributed by atoms with van der Waals surface area (Å²) in [5, 5.41) is 7.06. The van der Waals surface area contributed by atoms with Crippen LogP contribution in [0.15, 0.2) is 60.7 Å². The van der Waals surface area contributed by atoms with Crippen molar-refractivity contribution in [1.29, 1.82) is 0 Å². The van der Waals surface area contributed by atoms with E-state index in [0.717, 1.165) is 30.0 Å². The number of aromatic amines is 1. The molecule has 3 aromatic rings. The largest absolute Gasteiger partial charge is 0.497 e. The van der Waals surface area contributed by atoms with E-state index in [2.05, 4.69) is 22.3 Å². The van der Waals surface area contributed by atoms with E-state index >= 15 is 0 Å². The molecule has 2 aromatic carbocycles. The van der Waals surface area contributed by atoms with Gasteiger partial charge < -0.3 is 14.4 Å². The van der Waals surface area contributed by atoms with E-state index in [1.54, 1.807) is 13.2 Å². The summed E-state index contributed by atoms with van der Waals surface area (Å²) >= 11 is 0. The zero-order valence-corrected chi connectivity index (χ0v) is 15.1. The number of amides is 1. The van der Waals surface area contributed by atoms with Gasteiger partial charge in [-0.15, -0.1) is 0 Å². The second-order valence-electron chi connectivity index (χ2n) is 6.46. The molecule has 2 heterocycles. The first-order valence-electron chi connectivity index (χ1n) is 8.91. The lowest BCUT2D eigenvalue weighted by atomic mass is 9.94. The lowest BCUT2D eigenvalue weighted by Gasteiger charge is -2.40. The van der Waals surface area contributed by atoms with Gasteiger partial charge in [-0.2, -0.15) is 5.10 Å². The quantitative estimate of drug-likeness (QED) is 0.727. The number of benzene rings is 2. The Morgan fingerprint density at radius 3 is 2.70 bits per heavy atom. The summed E-state index contributed by atoms with van der Waals surface area (Å²) in [7, 11) is 1.62. The van der Waals surface area contributed by atoms with Crippen LogP contribution in [-0.4, -0.2) is 34.7 Å². The van der Waals surface area contributed by atoms with Gasteiger partial charge in [-0.3, -0.25) is 9.89 Å². The predicted octanol–water partition coefficient (Wildman–Crippen LogP) is 3.58. The van der Waals surface area contributed by atoms with E-state index in [1.165, 1.54) is 0 Å². The Bertz CT molecular complexity index is 923. The molecule has 1 aliphatic rings. The van der Waals surface area contributed by atoms with Crippen LogP contribution in [0, 0.1) is 0 Å². The molecule has 4 rings (SSSR count). The Kier molecular flexibility index (Phi) is 4.78. The van der Waals surface area contributed by atoms with Crippen LogP contribution in [-0.2, 0) is 6.61 Å². The second-order valence-corrected chi connectivity index (χ2v) is 6.46. The molecule has 1 amide bonds. The normalized spacial score (nSPS) is 15.9. The van der Waals surface area contributed by atoms with E-state index in [-0.39, 0.29) is 11.9 Å². The summed E-state index contributed by atoms with van der Waals surface area (Å²) in [6, 6.07) is 19.4. The summed E-state index contributed by atoms with van der Waals surface area (Å²) in [6.45, 7) is 1.05. The Labute approximate surface area is 157 Å². The number of nitrogens with zero attached hydrogens (tertiary/aromatic N) is 2. The van der Waals surface area contributed by atoms with Crippen molar-refractivity contribution in [3.8, 4) is 11.5 Å². The number of aromatic nitrogens is 2. The number of carbonyl (C=O) groups is 1. The number of carbonyl (C=O) groups excluding carboxylic acids is 1. The van der Waals surface area contributed by atoms with Crippen molar-refractivity contribution >= 4 is 5.91 Å². The third-order valence-corrected chi connectivity index (χ3v) is 4.75. The summed E-state index contributed by atoms with van der Waals surface area (Å²) in [5.41, 5.74) is 2.33. The fourth-order valence-corrected chi connectivity index (χ4v) is 3.20. The maximum atomic E-state index is 12.8. The number of hydrogen-bond acceptors (Lipinski definition) is 4. The van der Waals surface area contributed by atoms with E-state index in [0.29, 0.717) is 18.1 Å². The zero-order chi connectivity index (χ0) is 18.6. The van der Waals surface area contributed by atoms with E-state index in [4.69, 9.17) is 9.47 Å². The Morgan fingerprint density at radius 1 is 1.15 bits per heavy atom. The number of hydrogen-bond donors (Lipinski definition) is 1. The van der Waals surface area contributed by atoms with Gasteiger partial charge >= 0.3 is 0 Å². The molecule has 1 aromatic heterocycles. The average Bonchev–Trinajstić information content (AvgIpc) is 3.16. The van der Waals surface area contributed by atoms with Crippen molar-refractivity contribution in [3.63, 3.8) is 0 Å². The van der Waals surface area contributed by atoms with Crippen molar-refractivity contribution < 1.29 is 14.3 Å². The van der Waals surface area contributed by atoms with Gasteiger partial charge in [-0.05, 0) is 30.2 Å². The highest BCUT2D eigenvalue weighted by atomic mass is 16.5. The molecule has 0 spiro atoms. The Hall–Kier alpha value is -3.28. The van der Waals surface area contributed by atoms with E-state index in [9.17, 15) is 4.79 Å². The van der Waals surface area contributed by atoms with Gasteiger partial charge in [-0.1, -0.05) is 36.4 Å². The van der Waals surface area contributed by atoms with Crippen LogP contribution >= 0.6 is 0 Å². The van der Waals surface area contributed by atoms with Crippen LogP contribution in [0.4, 0.5) is 0 Å². The van der Waals surface area contributed by atoms with E-state index in [1.807, 2.05) is 47.4 Å². The van der Waals surface area contributed by atoms with Crippen molar-refractivity contribution in [2.45, 2.75) is 19.1 Å². The molecule has 1 aliphatic heterocycles. The first-order chi connectivity index (χ1) is 13.2. The average molecular weight is 363 g/mol. The Balaban J connectivity index is 1.39. The van der Waals surface area contributed by atoms with Gasteiger partial charge in [0.2, 0.25) is 0 Å². The lowest BCUT2D eigenvalue weighted by molar-refractivity contribution is 0.0454. The minimum absolute atomic E-state index is 0.0565. The molecule has 0 saturated carbocycles. The topological polar surface area (TPSA) is 67.5 Å². The first kappa shape index (κ1) is 17.1.